The number of rotatable bonds is 7. The molecule has 0 aliphatic rings. The lowest BCUT2D eigenvalue weighted by Crippen LogP contribution is -2.40. The quantitative estimate of drug-likeness (QED) is 0.484. The van der Waals surface area contributed by atoms with Crippen LogP contribution in [0, 0.1) is 5.82 Å². The van der Waals surface area contributed by atoms with E-state index < -0.39 is 17.8 Å². The maximum Gasteiger partial charge on any atom is 0.321 e. The zero-order valence-electron chi connectivity index (χ0n) is 13.4. The fourth-order valence-corrected chi connectivity index (χ4v) is 2.38. The third kappa shape index (κ3) is 5.35. The molecule has 134 valence electrons. The molecule has 0 saturated heterocycles. The van der Waals surface area contributed by atoms with Gasteiger partial charge in [0.05, 0.1) is 5.75 Å². The summed E-state index contributed by atoms with van der Waals surface area (Å²) in [7, 11) is 0. The van der Waals surface area contributed by atoms with Gasteiger partial charge in [-0.25, -0.2) is 13.9 Å². The molecule has 2 rings (SSSR count). The van der Waals surface area contributed by atoms with Gasteiger partial charge in [0.25, 0.3) is 0 Å². The van der Waals surface area contributed by atoms with Crippen LogP contribution in [0.3, 0.4) is 0 Å². The topological polar surface area (TPSA) is 124 Å². The average Bonchev–Trinajstić information content (AvgIpc) is 2.92. The summed E-state index contributed by atoms with van der Waals surface area (Å²) in [4.78, 5) is 22.8. The highest BCUT2D eigenvalue weighted by atomic mass is 32.2. The van der Waals surface area contributed by atoms with Crippen molar-refractivity contribution in [2.45, 2.75) is 18.7 Å². The van der Waals surface area contributed by atoms with Gasteiger partial charge in [-0.2, -0.15) is 0 Å². The summed E-state index contributed by atoms with van der Waals surface area (Å²) in [6.07, 6.45) is 0. The third-order valence-electron chi connectivity index (χ3n) is 2.85. The number of carbonyl (C=O) groups excluding carboxylic acids is 2. The number of nitrogens with two attached hydrogens (primary N) is 1. The van der Waals surface area contributed by atoms with E-state index in [2.05, 4.69) is 20.8 Å². The highest BCUT2D eigenvalue weighted by molar-refractivity contribution is 7.99. The molecule has 0 aliphatic heterocycles. The molecule has 9 nitrogen and oxygen atoms in total. The van der Waals surface area contributed by atoms with Gasteiger partial charge < -0.3 is 15.9 Å². The van der Waals surface area contributed by atoms with E-state index in [0.717, 1.165) is 16.4 Å². The zero-order valence-corrected chi connectivity index (χ0v) is 14.2. The molecule has 11 heteroatoms. The molecule has 0 radical (unpaired) electrons. The van der Waals surface area contributed by atoms with Crippen LogP contribution >= 0.6 is 11.8 Å². The fourth-order valence-electron chi connectivity index (χ4n) is 1.71. The van der Waals surface area contributed by atoms with Gasteiger partial charge >= 0.3 is 6.03 Å². The van der Waals surface area contributed by atoms with Crippen LogP contribution in [0.2, 0.25) is 0 Å². The van der Waals surface area contributed by atoms with E-state index in [0.29, 0.717) is 6.54 Å². The summed E-state index contributed by atoms with van der Waals surface area (Å²) in [5, 5.41) is 12.5. The number of nitrogens with zero attached hydrogens (tertiary/aromatic N) is 3. The van der Waals surface area contributed by atoms with Crippen molar-refractivity contribution in [1.82, 2.24) is 25.5 Å². The van der Waals surface area contributed by atoms with E-state index in [-0.39, 0.29) is 29.1 Å². The van der Waals surface area contributed by atoms with Gasteiger partial charge in [0.2, 0.25) is 11.1 Å². The van der Waals surface area contributed by atoms with Crippen LogP contribution in [0.1, 0.15) is 12.7 Å². The van der Waals surface area contributed by atoms with Crippen LogP contribution < -0.4 is 21.2 Å². The van der Waals surface area contributed by atoms with Gasteiger partial charge in [0.1, 0.15) is 6.61 Å². The summed E-state index contributed by atoms with van der Waals surface area (Å²) >= 11 is 1.00. The minimum absolute atomic E-state index is 0.0688. The first-order valence-electron chi connectivity index (χ1n) is 7.28. The normalized spacial score (nSPS) is 10.3. The van der Waals surface area contributed by atoms with Gasteiger partial charge in [0, 0.05) is 6.54 Å². The SMILES string of the molecule is CCNC(=O)NC(=O)CSc1nnc(COc2ccccc2F)n1N. The number of amides is 3. The number of nitrogens with one attached hydrogen (secondary N) is 2. The Morgan fingerprint density at radius 1 is 1.36 bits per heavy atom. The number of aromatic nitrogens is 3. The first-order chi connectivity index (χ1) is 12.0. The number of ether oxygens (including phenoxy) is 1. The molecule has 0 bridgehead atoms. The summed E-state index contributed by atoms with van der Waals surface area (Å²) in [5.41, 5.74) is 0. The maximum atomic E-state index is 13.5. The number of urea groups is 1. The largest absolute Gasteiger partial charge is 0.482 e. The molecule has 1 aromatic heterocycles. The lowest BCUT2D eigenvalue weighted by Gasteiger charge is -2.07. The Morgan fingerprint density at radius 2 is 2.12 bits per heavy atom. The summed E-state index contributed by atoms with van der Waals surface area (Å²) in [6.45, 7) is 2.06. The van der Waals surface area contributed by atoms with Crippen molar-refractivity contribution in [3.63, 3.8) is 0 Å². The Labute approximate surface area is 147 Å². The molecular formula is C14H17FN6O3S. The lowest BCUT2D eigenvalue weighted by atomic mass is 10.3. The Kier molecular flexibility index (Phi) is 6.57. The predicted molar refractivity (Wildman–Crippen MR) is 88.8 cm³/mol. The molecular weight excluding hydrogens is 351 g/mol. The second kappa shape index (κ2) is 8.87. The number of hydrogen-bond acceptors (Lipinski definition) is 7. The molecule has 2 aromatic rings. The second-order valence-electron chi connectivity index (χ2n) is 4.68. The van der Waals surface area contributed by atoms with Crippen LogP contribution in [0.4, 0.5) is 9.18 Å². The fraction of sp³-hybridized carbons (Fsp3) is 0.286. The number of benzene rings is 1. The van der Waals surface area contributed by atoms with Crippen LogP contribution in [-0.2, 0) is 11.4 Å². The molecule has 0 atom stereocenters. The molecule has 4 N–H and O–H groups in total. The number of para-hydroxylation sites is 1. The van der Waals surface area contributed by atoms with Crippen molar-refractivity contribution in [3.8, 4) is 5.75 Å². The van der Waals surface area contributed by atoms with Crippen LogP contribution in [-0.4, -0.2) is 39.1 Å². The number of halogens is 1. The van der Waals surface area contributed by atoms with Gasteiger partial charge in [0.15, 0.2) is 17.4 Å². The molecule has 1 aromatic carbocycles. The smallest absolute Gasteiger partial charge is 0.321 e. The molecule has 0 spiro atoms. The number of carbonyl (C=O) groups is 2. The molecule has 25 heavy (non-hydrogen) atoms. The third-order valence-corrected chi connectivity index (χ3v) is 3.79. The van der Waals surface area contributed by atoms with Gasteiger partial charge in [-0.1, -0.05) is 23.9 Å². The summed E-state index contributed by atoms with van der Waals surface area (Å²) in [5.74, 6) is 5.09. The zero-order chi connectivity index (χ0) is 18.2. The van der Waals surface area contributed by atoms with E-state index in [9.17, 15) is 14.0 Å². The summed E-state index contributed by atoms with van der Waals surface area (Å²) < 4.78 is 19.9. The Morgan fingerprint density at radius 3 is 2.84 bits per heavy atom. The maximum absolute atomic E-state index is 13.5. The minimum Gasteiger partial charge on any atom is -0.482 e. The average molecular weight is 368 g/mol. The van der Waals surface area contributed by atoms with Crippen molar-refractivity contribution in [2.75, 3.05) is 18.1 Å². The number of imide groups is 1. The van der Waals surface area contributed by atoms with Crippen LogP contribution in [0.5, 0.6) is 5.75 Å². The predicted octanol–water partition coefficient (Wildman–Crippen LogP) is 0.648. The Bertz CT molecular complexity index is 754. The molecule has 0 unspecified atom stereocenters. The Hall–Kier alpha value is -2.82. The van der Waals surface area contributed by atoms with Gasteiger partial charge in [-0.05, 0) is 19.1 Å². The van der Waals surface area contributed by atoms with Gasteiger partial charge in [-0.15, -0.1) is 10.2 Å². The summed E-state index contributed by atoms with van der Waals surface area (Å²) in [6, 6.07) is 5.38. The molecule has 0 fully saturated rings. The van der Waals surface area contributed by atoms with Crippen LogP contribution in [0.25, 0.3) is 0 Å². The monoisotopic (exact) mass is 368 g/mol. The molecule has 0 aliphatic carbocycles. The van der Waals surface area contributed by atoms with Gasteiger partial charge in [-0.3, -0.25) is 10.1 Å². The molecule has 3 amide bonds. The highest BCUT2D eigenvalue weighted by Crippen LogP contribution is 2.18. The van der Waals surface area contributed by atoms with Crippen molar-refractivity contribution in [3.05, 3.63) is 35.9 Å². The highest BCUT2D eigenvalue weighted by Gasteiger charge is 2.14. The van der Waals surface area contributed by atoms with Crippen molar-refractivity contribution in [1.29, 1.82) is 0 Å². The van der Waals surface area contributed by atoms with Crippen molar-refractivity contribution < 1.29 is 18.7 Å². The first kappa shape index (κ1) is 18.5. The van der Waals surface area contributed by atoms with E-state index >= 15 is 0 Å². The molecule has 0 saturated carbocycles. The van der Waals surface area contributed by atoms with E-state index in [1.165, 1.54) is 12.1 Å². The molecule has 1 heterocycles. The van der Waals surface area contributed by atoms with Crippen LogP contribution in [0.15, 0.2) is 29.4 Å². The number of hydrogen-bond donors (Lipinski definition) is 3. The Balaban J connectivity index is 1.87. The van der Waals surface area contributed by atoms with E-state index in [1.807, 2.05) is 0 Å². The standard InChI is InChI=1S/C14H17FN6O3S/c1-2-17-13(23)18-12(22)8-25-14-20-19-11(21(14)16)7-24-10-6-4-3-5-9(10)15/h3-6H,2,7-8,16H2,1H3,(H2,17,18,22,23). The van der Waals surface area contributed by atoms with E-state index in [4.69, 9.17) is 10.6 Å². The number of thioether (sulfide) groups is 1. The first-order valence-corrected chi connectivity index (χ1v) is 8.27. The second-order valence-corrected chi connectivity index (χ2v) is 5.63. The van der Waals surface area contributed by atoms with E-state index in [1.54, 1.807) is 19.1 Å². The number of nitrogen functional groups attached to an aromatic ring is 1. The lowest BCUT2D eigenvalue weighted by molar-refractivity contribution is -0.117. The van der Waals surface area contributed by atoms with Crippen molar-refractivity contribution >= 4 is 23.7 Å². The minimum atomic E-state index is -0.568. The van der Waals surface area contributed by atoms with Crippen molar-refractivity contribution in [2.24, 2.45) is 0 Å².